The van der Waals surface area contributed by atoms with Crippen molar-refractivity contribution in [2.45, 2.75) is 70.3 Å². The zero-order chi connectivity index (χ0) is 44.1. The third kappa shape index (κ3) is 8.41. The van der Waals surface area contributed by atoms with Gasteiger partial charge in [-0.1, -0.05) is 82.5 Å². The van der Waals surface area contributed by atoms with Crippen LogP contribution >= 0.6 is 0 Å². The summed E-state index contributed by atoms with van der Waals surface area (Å²) in [5.74, 6) is 3.13. The molecule has 2 unspecified atom stereocenters. The summed E-state index contributed by atoms with van der Waals surface area (Å²) in [6.07, 6.45) is 12.5. The van der Waals surface area contributed by atoms with E-state index >= 15 is 0 Å². The van der Waals surface area contributed by atoms with Gasteiger partial charge in [-0.05, 0) is 107 Å². The van der Waals surface area contributed by atoms with Crippen LogP contribution in [-0.4, -0.2) is 71.3 Å². The van der Waals surface area contributed by atoms with Crippen molar-refractivity contribution < 1.29 is 33.6 Å². The standard InChI is InChI=1S/C54H62N2O7/c1-7-9-10-11-26-55-52(58)37-14-23-42-46(31-37)53(3,4)50-43-24-25-54(38-15-19-40(59-5)20-16-38,39-17-21-41(22-18-39)62-30-29-61-28-8-2)63-51(43)45-33-48(60-6)47(32-44(45)49(42)50)56-27-12-13-36(34-56)35-57/h8,14-25,31-33,36,57H,2,7,9-13,26-30,34-35H2,1,3-6H3,(H,55,58). The number of hydrogen-bond acceptors (Lipinski definition) is 8. The average molecular weight is 851 g/mol. The lowest BCUT2D eigenvalue weighted by atomic mass is 9.76. The molecule has 5 aromatic rings. The van der Waals surface area contributed by atoms with Crippen LogP contribution in [0.15, 0.2) is 97.6 Å². The molecular weight excluding hydrogens is 789 g/mol. The molecule has 1 aliphatic carbocycles. The molecule has 3 aliphatic rings. The van der Waals surface area contributed by atoms with Crippen LogP contribution in [0.5, 0.6) is 23.0 Å². The predicted molar refractivity (Wildman–Crippen MR) is 253 cm³/mol. The van der Waals surface area contributed by atoms with E-state index in [1.807, 2.05) is 30.3 Å². The third-order valence-electron chi connectivity index (χ3n) is 13.2. The number of rotatable bonds is 18. The molecule has 2 heterocycles. The summed E-state index contributed by atoms with van der Waals surface area (Å²) < 4.78 is 31.1. The maximum atomic E-state index is 13.6. The third-order valence-corrected chi connectivity index (χ3v) is 13.2. The molecular formula is C54H62N2O7. The molecule has 1 fully saturated rings. The smallest absolute Gasteiger partial charge is 0.251 e. The van der Waals surface area contributed by atoms with Crippen molar-refractivity contribution in [3.05, 3.63) is 131 Å². The number of nitrogens with zero attached hydrogens (tertiary/aromatic N) is 1. The number of ether oxygens (including phenoxy) is 5. The topological polar surface area (TPSA) is 98.7 Å². The van der Waals surface area contributed by atoms with Crippen LogP contribution in [0.25, 0.3) is 28.0 Å². The van der Waals surface area contributed by atoms with Crippen LogP contribution in [0.3, 0.4) is 0 Å². The maximum absolute atomic E-state index is 13.6. The van der Waals surface area contributed by atoms with Crippen molar-refractivity contribution in [2.24, 2.45) is 5.92 Å². The molecule has 2 atom stereocenters. The minimum atomic E-state index is -1.03. The Hall–Kier alpha value is -5.77. The quantitative estimate of drug-likeness (QED) is 0.0664. The molecule has 5 aromatic carbocycles. The number of aliphatic hydroxyl groups is 1. The molecule has 330 valence electrons. The average Bonchev–Trinajstić information content (AvgIpc) is 3.56. The van der Waals surface area contributed by atoms with E-state index < -0.39 is 11.0 Å². The van der Waals surface area contributed by atoms with Crippen molar-refractivity contribution >= 4 is 28.4 Å². The number of carbonyl (C=O) groups is 1. The minimum absolute atomic E-state index is 0.0477. The number of fused-ring (bicyclic) bond motifs is 8. The predicted octanol–water partition coefficient (Wildman–Crippen LogP) is 10.6. The van der Waals surface area contributed by atoms with Gasteiger partial charge in [0.1, 0.15) is 29.6 Å². The van der Waals surface area contributed by atoms with Gasteiger partial charge in [0.15, 0.2) is 5.60 Å². The number of anilines is 1. The largest absolute Gasteiger partial charge is 0.497 e. The summed E-state index contributed by atoms with van der Waals surface area (Å²) in [5, 5.41) is 15.4. The van der Waals surface area contributed by atoms with Gasteiger partial charge in [-0.3, -0.25) is 4.79 Å². The molecule has 0 saturated carbocycles. The number of methoxy groups -OCH3 is 2. The van der Waals surface area contributed by atoms with E-state index in [0.717, 1.165) is 124 Å². The van der Waals surface area contributed by atoms with Crippen LogP contribution in [-0.2, 0) is 15.8 Å². The zero-order valence-electron chi connectivity index (χ0n) is 37.6. The van der Waals surface area contributed by atoms with E-state index in [4.69, 9.17) is 23.7 Å². The molecule has 0 bridgehead atoms. The van der Waals surface area contributed by atoms with Crippen molar-refractivity contribution in [3.63, 3.8) is 0 Å². The second-order valence-corrected chi connectivity index (χ2v) is 17.5. The van der Waals surface area contributed by atoms with Crippen LogP contribution in [0, 0.1) is 5.92 Å². The highest BCUT2D eigenvalue weighted by Gasteiger charge is 2.45. The Kier molecular flexibility index (Phi) is 13.2. The first-order valence-corrected chi connectivity index (χ1v) is 22.6. The fourth-order valence-corrected chi connectivity index (χ4v) is 9.84. The molecule has 9 heteroatoms. The van der Waals surface area contributed by atoms with Gasteiger partial charge in [0, 0.05) is 59.3 Å². The molecule has 0 aromatic heterocycles. The van der Waals surface area contributed by atoms with Gasteiger partial charge in [0.2, 0.25) is 0 Å². The first kappa shape index (κ1) is 43.9. The molecule has 63 heavy (non-hydrogen) atoms. The molecule has 2 N–H and O–H groups in total. The van der Waals surface area contributed by atoms with E-state index in [9.17, 15) is 9.90 Å². The monoisotopic (exact) mass is 850 g/mol. The lowest BCUT2D eigenvalue weighted by molar-refractivity contribution is 0.0952. The van der Waals surface area contributed by atoms with Crippen LogP contribution < -0.4 is 29.2 Å². The number of aliphatic hydroxyl groups excluding tert-OH is 1. The number of hydrogen-bond donors (Lipinski definition) is 2. The van der Waals surface area contributed by atoms with Crippen molar-refractivity contribution in [1.29, 1.82) is 0 Å². The molecule has 2 aliphatic heterocycles. The van der Waals surface area contributed by atoms with Gasteiger partial charge in [0.25, 0.3) is 5.91 Å². The lowest BCUT2D eigenvalue weighted by Gasteiger charge is -2.39. The number of unbranched alkanes of at least 4 members (excludes halogenated alkanes) is 3. The maximum Gasteiger partial charge on any atom is 0.251 e. The highest BCUT2D eigenvalue weighted by atomic mass is 16.5. The van der Waals surface area contributed by atoms with Gasteiger partial charge in [0.05, 0.1) is 33.1 Å². The highest BCUT2D eigenvalue weighted by molar-refractivity contribution is 6.11. The summed E-state index contributed by atoms with van der Waals surface area (Å²) in [7, 11) is 3.40. The second-order valence-electron chi connectivity index (χ2n) is 17.5. The van der Waals surface area contributed by atoms with E-state index in [1.165, 1.54) is 6.42 Å². The Balaban J connectivity index is 1.30. The number of nitrogens with one attached hydrogen (secondary N) is 1. The Bertz CT molecular complexity index is 2470. The van der Waals surface area contributed by atoms with Crippen molar-refractivity contribution in [3.8, 4) is 34.1 Å². The lowest BCUT2D eigenvalue weighted by Crippen LogP contribution is -2.37. The summed E-state index contributed by atoms with van der Waals surface area (Å²) in [5.41, 5.74) is 7.50. The number of carbonyl (C=O) groups excluding carboxylic acids is 1. The van der Waals surface area contributed by atoms with Crippen molar-refractivity contribution in [2.75, 3.05) is 65.2 Å². The summed E-state index contributed by atoms with van der Waals surface area (Å²) in [4.78, 5) is 16.0. The number of piperidine rings is 1. The normalized spacial score (nSPS) is 18.3. The number of benzene rings is 5. The Morgan fingerprint density at radius 1 is 0.937 bits per heavy atom. The zero-order valence-corrected chi connectivity index (χ0v) is 37.6. The fourth-order valence-electron chi connectivity index (χ4n) is 9.84. The Morgan fingerprint density at radius 2 is 1.70 bits per heavy atom. The summed E-state index contributed by atoms with van der Waals surface area (Å²) >= 11 is 0. The van der Waals surface area contributed by atoms with Gasteiger partial charge in [-0.25, -0.2) is 0 Å². The molecule has 0 spiro atoms. The first-order chi connectivity index (χ1) is 30.7. The van der Waals surface area contributed by atoms with E-state index in [1.54, 1.807) is 20.3 Å². The van der Waals surface area contributed by atoms with E-state index in [2.05, 4.69) is 98.2 Å². The van der Waals surface area contributed by atoms with Gasteiger partial charge in [-0.2, -0.15) is 0 Å². The van der Waals surface area contributed by atoms with Crippen LogP contribution in [0.2, 0.25) is 0 Å². The molecule has 1 amide bonds. The van der Waals surface area contributed by atoms with Crippen LogP contribution in [0.4, 0.5) is 5.69 Å². The molecule has 8 rings (SSSR count). The van der Waals surface area contributed by atoms with Crippen LogP contribution in [0.1, 0.15) is 97.5 Å². The minimum Gasteiger partial charge on any atom is -0.497 e. The second kappa shape index (κ2) is 18.9. The molecule has 1 saturated heterocycles. The first-order valence-electron chi connectivity index (χ1n) is 22.6. The SMILES string of the molecule is C=CCOCCOc1ccc(C2(c3ccc(OC)cc3)C=Cc3c4c(c5cc(N6CCCC(CO)C6)c(OC)cc5c3O2)-c2ccc(C(=O)NCCCCCC)cc2C4(C)C)cc1. The van der Waals surface area contributed by atoms with Crippen molar-refractivity contribution in [1.82, 2.24) is 5.32 Å². The molecule has 9 nitrogen and oxygen atoms in total. The summed E-state index contributed by atoms with van der Waals surface area (Å²) in [6.45, 7) is 14.2. The number of amides is 1. The Morgan fingerprint density at radius 3 is 2.40 bits per heavy atom. The van der Waals surface area contributed by atoms with Gasteiger partial charge < -0.3 is 39.0 Å². The van der Waals surface area contributed by atoms with E-state index in [-0.39, 0.29) is 18.4 Å². The van der Waals surface area contributed by atoms with E-state index in [0.29, 0.717) is 31.9 Å². The Labute approximate surface area is 372 Å². The highest BCUT2D eigenvalue weighted by Crippen LogP contribution is 2.59. The summed E-state index contributed by atoms with van der Waals surface area (Å²) in [6, 6.07) is 26.8. The fraction of sp³-hybridized carbons (Fsp3) is 0.389. The van der Waals surface area contributed by atoms with Gasteiger partial charge in [-0.15, -0.1) is 6.58 Å². The van der Waals surface area contributed by atoms with Gasteiger partial charge >= 0.3 is 0 Å². The molecule has 0 radical (unpaired) electrons.